The summed E-state index contributed by atoms with van der Waals surface area (Å²) in [4.78, 5) is 22.6. The largest absolute Gasteiger partial charge is 0.390 e. The normalized spacial score (nSPS) is 9.24. The molecule has 120 valence electrons. The van der Waals surface area contributed by atoms with E-state index in [1.807, 2.05) is 11.8 Å². The number of nitrogens with one attached hydrogen (secondary N) is 2. The van der Waals surface area contributed by atoms with Crippen LogP contribution in [0.2, 0.25) is 0 Å². The lowest BCUT2D eigenvalue weighted by Crippen LogP contribution is -2.28. The van der Waals surface area contributed by atoms with E-state index < -0.39 is 0 Å². The molecule has 0 spiro atoms. The molecule has 0 atom stereocenters. The van der Waals surface area contributed by atoms with Crippen molar-refractivity contribution in [3.05, 3.63) is 37.7 Å². The Hall–Kier alpha value is -2.08. The highest BCUT2D eigenvalue weighted by Crippen LogP contribution is 1.87. The minimum Gasteiger partial charge on any atom is -0.390 e. The summed E-state index contributed by atoms with van der Waals surface area (Å²) in [7, 11) is 0. The summed E-state index contributed by atoms with van der Waals surface area (Å²) in [5, 5.41) is 5.55. The zero-order valence-corrected chi connectivity index (χ0v) is 12.9. The van der Waals surface area contributed by atoms with Crippen LogP contribution in [0.1, 0.15) is 13.3 Å². The van der Waals surface area contributed by atoms with Gasteiger partial charge in [0.05, 0.1) is 0 Å². The Kier molecular flexibility index (Phi) is 18.1. The minimum absolute atomic E-state index is 0.0571. The quantitative estimate of drug-likeness (QED) is 0.292. The summed E-state index contributed by atoms with van der Waals surface area (Å²) in [5.74, 6) is -0.0571. The topological polar surface area (TPSA) is 87.5 Å². The molecule has 0 heterocycles. The fraction of sp³-hybridized carbons (Fsp3) is 0.467. The molecular formula is C15H28N4O2. The van der Waals surface area contributed by atoms with Crippen molar-refractivity contribution in [2.45, 2.75) is 13.3 Å². The van der Waals surface area contributed by atoms with Gasteiger partial charge in [0.25, 0.3) is 0 Å². The Bertz CT molecular complexity index is 317. The van der Waals surface area contributed by atoms with Crippen LogP contribution in [-0.4, -0.2) is 49.8 Å². The zero-order valence-electron chi connectivity index (χ0n) is 12.9. The van der Waals surface area contributed by atoms with Gasteiger partial charge < -0.3 is 26.1 Å². The van der Waals surface area contributed by atoms with E-state index in [0.717, 1.165) is 19.4 Å². The predicted molar refractivity (Wildman–Crippen MR) is 87.5 cm³/mol. The van der Waals surface area contributed by atoms with Crippen LogP contribution in [0.4, 0.5) is 0 Å². The number of carbonyl (C=O) groups excluding carboxylic acids is 2. The van der Waals surface area contributed by atoms with Crippen molar-refractivity contribution >= 4 is 12.2 Å². The van der Waals surface area contributed by atoms with Crippen molar-refractivity contribution in [3.8, 4) is 0 Å². The average molecular weight is 296 g/mol. The molecule has 4 N–H and O–H groups in total. The number of carbonyl (C=O) groups is 2. The van der Waals surface area contributed by atoms with E-state index in [1.54, 1.807) is 18.5 Å². The lowest BCUT2D eigenvalue weighted by molar-refractivity contribution is -0.116. The molecule has 6 nitrogen and oxygen atoms in total. The summed E-state index contributed by atoms with van der Waals surface area (Å²) in [5.41, 5.74) is 5.30. The molecule has 0 fully saturated rings. The minimum atomic E-state index is -0.0571. The molecule has 0 bridgehead atoms. The molecule has 0 aliphatic heterocycles. The Morgan fingerprint density at radius 1 is 1.29 bits per heavy atom. The molecule has 0 saturated heterocycles. The molecule has 0 aromatic heterocycles. The molecule has 0 unspecified atom stereocenters. The van der Waals surface area contributed by atoms with Crippen LogP contribution >= 0.6 is 0 Å². The van der Waals surface area contributed by atoms with Gasteiger partial charge in [-0.2, -0.15) is 0 Å². The van der Waals surface area contributed by atoms with E-state index in [0.29, 0.717) is 26.1 Å². The first-order chi connectivity index (χ1) is 10.2. The number of nitrogens with two attached hydrogens (primary N) is 1. The third-order valence-electron chi connectivity index (χ3n) is 2.24. The van der Waals surface area contributed by atoms with Crippen molar-refractivity contribution in [1.82, 2.24) is 15.5 Å². The van der Waals surface area contributed by atoms with Gasteiger partial charge >= 0.3 is 0 Å². The van der Waals surface area contributed by atoms with E-state index >= 15 is 0 Å². The van der Waals surface area contributed by atoms with E-state index in [9.17, 15) is 9.59 Å². The van der Waals surface area contributed by atoms with Crippen LogP contribution in [0, 0.1) is 0 Å². The summed E-state index contributed by atoms with van der Waals surface area (Å²) >= 11 is 0. The number of nitrogens with zero attached hydrogens (tertiary/aromatic N) is 1. The second-order valence-electron chi connectivity index (χ2n) is 3.91. The molecular weight excluding hydrogens is 268 g/mol. The van der Waals surface area contributed by atoms with E-state index in [4.69, 9.17) is 5.73 Å². The molecule has 0 aliphatic rings. The summed E-state index contributed by atoms with van der Waals surface area (Å²) in [6.07, 6.45) is 7.95. The van der Waals surface area contributed by atoms with Gasteiger partial charge in [0.15, 0.2) is 0 Å². The van der Waals surface area contributed by atoms with Gasteiger partial charge in [0.2, 0.25) is 5.91 Å². The fourth-order valence-electron chi connectivity index (χ4n) is 1.25. The second-order valence-corrected chi connectivity index (χ2v) is 3.91. The Balaban J connectivity index is 0. The van der Waals surface area contributed by atoms with Crippen LogP contribution in [0.5, 0.6) is 0 Å². The molecule has 0 saturated carbocycles. The SMILES string of the molecule is C=CN(CCN)CCC=O.C=CNCCNC(=O)/C=C/C. The predicted octanol–water partition coefficient (Wildman–Crippen LogP) is 0.391. The third-order valence-corrected chi connectivity index (χ3v) is 2.24. The van der Waals surface area contributed by atoms with Crippen LogP contribution < -0.4 is 16.4 Å². The Labute approximate surface area is 127 Å². The van der Waals surface area contributed by atoms with Crippen LogP contribution in [0.3, 0.4) is 0 Å². The molecule has 1 amide bonds. The second kappa shape index (κ2) is 17.9. The van der Waals surface area contributed by atoms with Gasteiger partial charge in [-0.05, 0) is 25.4 Å². The third kappa shape index (κ3) is 17.9. The number of hydrogen-bond donors (Lipinski definition) is 3. The van der Waals surface area contributed by atoms with Crippen molar-refractivity contribution in [2.75, 3.05) is 32.7 Å². The number of allylic oxidation sites excluding steroid dienone is 1. The van der Waals surface area contributed by atoms with Crippen LogP contribution in [0.25, 0.3) is 0 Å². The van der Waals surface area contributed by atoms with Crippen molar-refractivity contribution in [1.29, 1.82) is 0 Å². The number of amides is 1. The molecule has 0 rings (SSSR count). The number of aldehydes is 1. The maximum atomic E-state index is 10.8. The highest BCUT2D eigenvalue weighted by molar-refractivity contribution is 5.87. The first kappa shape index (κ1) is 21.2. The molecule has 0 aromatic carbocycles. The van der Waals surface area contributed by atoms with E-state index in [1.165, 1.54) is 6.08 Å². The average Bonchev–Trinajstić information content (AvgIpc) is 2.49. The standard InChI is InChI=1S/C8H14N2O.C7H14N2O/c1-3-5-8(11)10-7-6-9-4-2;1-2-9(6-4-8)5-3-7-10/h3-5,9H,2,6-7H2,1H3,(H,10,11);2,7H,1,3-6,8H2/b5-3+;. The summed E-state index contributed by atoms with van der Waals surface area (Å²) < 4.78 is 0. The molecule has 6 heteroatoms. The fourth-order valence-corrected chi connectivity index (χ4v) is 1.25. The Morgan fingerprint density at radius 3 is 2.48 bits per heavy atom. The van der Waals surface area contributed by atoms with Crippen LogP contribution in [0.15, 0.2) is 37.7 Å². The van der Waals surface area contributed by atoms with Gasteiger partial charge in [-0.3, -0.25) is 4.79 Å². The first-order valence-electron chi connectivity index (χ1n) is 6.91. The maximum absolute atomic E-state index is 10.8. The molecule has 0 aliphatic carbocycles. The van der Waals surface area contributed by atoms with Gasteiger partial charge in [0.1, 0.15) is 6.29 Å². The molecule has 0 radical (unpaired) electrons. The summed E-state index contributed by atoms with van der Waals surface area (Å²) in [6, 6.07) is 0. The smallest absolute Gasteiger partial charge is 0.243 e. The van der Waals surface area contributed by atoms with E-state index in [2.05, 4.69) is 23.8 Å². The van der Waals surface area contributed by atoms with Gasteiger partial charge in [-0.15, -0.1) is 0 Å². The molecule has 21 heavy (non-hydrogen) atoms. The van der Waals surface area contributed by atoms with Gasteiger partial charge in [-0.1, -0.05) is 19.2 Å². The lowest BCUT2D eigenvalue weighted by atomic mass is 10.4. The van der Waals surface area contributed by atoms with Crippen molar-refractivity contribution in [2.24, 2.45) is 5.73 Å². The number of rotatable bonds is 11. The summed E-state index contributed by atoms with van der Waals surface area (Å²) in [6.45, 7) is 12.3. The van der Waals surface area contributed by atoms with Crippen LogP contribution in [-0.2, 0) is 9.59 Å². The van der Waals surface area contributed by atoms with Gasteiger partial charge in [0, 0.05) is 39.1 Å². The maximum Gasteiger partial charge on any atom is 0.243 e. The van der Waals surface area contributed by atoms with Crippen molar-refractivity contribution in [3.63, 3.8) is 0 Å². The highest BCUT2D eigenvalue weighted by Gasteiger charge is 1.93. The van der Waals surface area contributed by atoms with Gasteiger partial charge in [-0.25, -0.2) is 0 Å². The first-order valence-corrected chi connectivity index (χ1v) is 6.91. The molecule has 0 aromatic rings. The number of hydrogen-bond acceptors (Lipinski definition) is 5. The highest BCUT2D eigenvalue weighted by atomic mass is 16.1. The van der Waals surface area contributed by atoms with E-state index in [-0.39, 0.29) is 5.91 Å². The zero-order chi connectivity index (χ0) is 16.3. The lowest BCUT2D eigenvalue weighted by Gasteiger charge is -2.16. The Morgan fingerprint density at radius 2 is 2.00 bits per heavy atom. The van der Waals surface area contributed by atoms with Crippen molar-refractivity contribution < 1.29 is 9.59 Å². The monoisotopic (exact) mass is 296 g/mol.